The maximum absolute atomic E-state index is 5.46. The van der Waals surface area contributed by atoms with Crippen LogP contribution < -0.4 is 5.32 Å². The van der Waals surface area contributed by atoms with Gasteiger partial charge in [0.25, 0.3) is 0 Å². The fourth-order valence-electron chi connectivity index (χ4n) is 2.41. The lowest BCUT2D eigenvalue weighted by Crippen LogP contribution is -2.32. The summed E-state index contributed by atoms with van der Waals surface area (Å²) in [7, 11) is 0. The molecule has 0 amide bonds. The molecule has 0 aliphatic heterocycles. The molecule has 0 spiro atoms. The summed E-state index contributed by atoms with van der Waals surface area (Å²) >= 11 is 0. The Balaban J connectivity index is 2.03. The number of hydrogen-bond donors (Lipinski definition) is 1. The number of aromatic nitrogens is 3. The third-order valence-electron chi connectivity index (χ3n) is 3.63. The van der Waals surface area contributed by atoms with Crippen LogP contribution in [0.1, 0.15) is 56.9 Å². The molecule has 0 fully saturated rings. The molecule has 5 heteroatoms. The molecule has 2 rings (SSSR count). The Morgan fingerprint density at radius 2 is 2.14 bits per heavy atom. The molecule has 2 aromatic heterocycles. The second kappa shape index (κ2) is 7.88. The molecule has 21 heavy (non-hydrogen) atoms. The van der Waals surface area contributed by atoms with E-state index in [0.717, 1.165) is 31.0 Å². The van der Waals surface area contributed by atoms with Crippen LogP contribution in [0, 0.1) is 0 Å². The van der Waals surface area contributed by atoms with Crippen molar-refractivity contribution in [3.63, 3.8) is 0 Å². The van der Waals surface area contributed by atoms with Crippen molar-refractivity contribution in [2.24, 2.45) is 0 Å². The van der Waals surface area contributed by atoms with Gasteiger partial charge >= 0.3 is 0 Å². The van der Waals surface area contributed by atoms with E-state index in [9.17, 15) is 0 Å². The van der Waals surface area contributed by atoms with Gasteiger partial charge in [-0.15, -0.1) is 0 Å². The molecule has 2 heterocycles. The van der Waals surface area contributed by atoms with E-state index in [1.807, 2.05) is 18.2 Å². The summed E-state index contributed by atoms with van der Waals surface area (Å²) in [5, 5.41) is 7.59. The van der Waals surface area contributed by atoms with E-state index in [0.29, 0.717) is 18.3 Å². The van der Waals surface area contributed by atoms with E-state index in [4.69, 9.17) is 4.52 Å². The van der Waals surface area contributed by atoms with Crippen LogP contribution in [0.5, 0.6) is 0 Å². The molecule has 0 saturated carbocycles. The van der Waals surface area contributed by atoms with Crippen molar-refractivity contribution < 1.29 is 4.52 Å². The molecule has 0 bridgehead atoms. The Morgan fingerprint density at radius 1 is 1.29 bits per heavy atom. The lowest BCUT2D eigenvalue weighted by Gasteiger charge is -2.20. The lowest BCUT2D eigenvalue weighted by molar-refractivity contribution is 0.314. The first-order valence-corrected chi connectivity index (χ1v) is 7.70. The molecule has 5 nitrogen and oxygen atoms in total. The van der Waals surface area contributed by atoms with Gasteiger partial charge < -0.3 is 9.84 Å². The van der Waals surface area contributed by atoms with Gasteiger partial charge in [-0.1, -0.05) is 25.1 Å². The van der Waals surface area contributed by atoms with Crippen LogP contribution in [-0.4, -0.2) is 27.7 Å². The maximum atomic E-state index is 5.46. The van der Waals surface area contributed by atoms with E-state index in [-0.39, 0.29) is 5.92 Å². The number of rotatable bonds is 8. The Labute approximate surface area is 126 Å². The van der Waals surface area contributed by atoms with Crippen molar-refractivity contribution in [3.8, 4) is 0 Å². The normalized spacial score (nSPS) is 14.0. The quantitative estimate of drug-likeness (QED) is 0.809. The van der Waals surface area contributed by atoms with Gasteiger partial charge in [0.05, 0.1) is 12.3 Å². The van der Waals surface area contributed by atoms with Crippen molar-refractivity contribution in [2.75, 3.05) is 6.54 Å². The van der Waals surface area contributed by atoms with Crippen molar-refractivity contribution in [3.05, 3.63) is 41.8 Å². The second-order valence-electron chi connectivity index (χ2n) is 5.30. The SMILES string of the molecule is CCCNC(C)C(CC)c1nc(Cc2ccccn2)no1. The monoisotopic (exact) mass is 288 g/mol. The molecule has 114 valence electrons. The van der Waals surface area contributed by atoms with Crippen LogP contribution in [0.25, 0.3) is 0 Å². The lowest BCUT2D eigenvalue weighted by atomic mass is 9.98. The van der Waals surface area contributed by atoms with Gasteiger partial charge in [-0.25, -0.2) is 0 Å². The summed E-state index contributed by atoms with van der Waals surface area (Å²) in [6, 6.07) is 6.17. The largest absolute Gasteiger partial charge is 0.339 e. The topological polar surface area (TPSA) is 63.8 Å². The smallest absolute Gasteiger partial charge is 0.231 e. The minimum atomic E-state index is 0.251. The highest BCUT2D eigenvalue weighted by Gasteiger charge is 2.23. The zero-order valence-electron chi connectivity index (χ0n) is 13.0. The first-order valence-electron chi connectivity index (χ1n) is 7.70. The summed E-state index contributed by atoms with van der Waals surface area (Å²) in [6.07, 6.45) is 4.48. The van der Waals surface area contributed by atoms with E-state index in [1.54, 1.807) is 6.20 Å². The summed E-state index contributed by atoms with van der Waals surface area (Å²) in [5.41, 5.74) is 0.954. The van der Waals surface area contributed by atoms with Crippen molar-refractivity contribution in [1.29, 1.82) is 0 Å². The second-order valence-corrected chi connectivity index (χ2v) is 5.30. The van der Waals surface area contributed by atoms with Crippen LogP contribution >= 0.6 is 0 Å². The Morgan fingerprint density at radius 3 is 2.81 bits per heavy atom. The van der Waals surface area contributed by atoms with Gasteiger partial charge in [-0.2, -0.15) is 4.98 Å². The number of nitrogens with one attached hydrogen (secondary N) is 1. The Hall–Kier alpha value is -1.75. The summed E-state index contributed by atoms with van der Waals surface area (Å²) < 4.78 is 5.46. The zero-order valence-corrected chi connectivity index (χ0v) is 13.0. The molecule has 0 saturated heterocycles. The summed E-state index contributed by atoms with van der Waals surface area (Å²) in [6.45, 7) is 7.49. The summed E-state index contributed by atoms with van der Waals surface area (Å²) in [5.74, 6) is 1.67. The number of pyridine rings is 1. The molecule has 0 aliphatic rings. The molecule has 2 atom stereocenters. The molecular formula is C16H24N4O. The average molecular weight is 288 g/mol. The summed E-state index contributed by atoms with van der Waals surface area (Å²) in [4.78, 5) is 8.84. The zero-order chi connectivity index (χ0) is 15.1. The Bertz CT molecular complexity index is 526. The standard InChI is InChI=1S/C16H24N4O/c1-4-9-17-12(3)14(5-2)16-19-15(20-21-16)11-13-8-6-7-10-18-13/h6-8,10,12,14,17H,4-5,9,11H2,1-3H3. The van der Waals surface area contributed by atoms with Crippen LogP contribution in [0.2, 0.25) is 0 Å². The molecule has 2 unspecified atom stereocenters. The van der Waals surface area contributed by atoms with Gasteiger partial charge in [-0.3, -0.25) is 4.98 Å². The minimum absolute atomic E-state index is 0.251. The van der Waals surface area contributed by atoms with E-state index < -0.39 is 0 Å². The van der Waals surface area contributed by atoms with Gasteiger partial charge in [0.15, 0.2) is 5.82 Å². The van der Waals surface area contributed by atoms with Crippen molar-refractivity contribution in [1.82, 2.24) is 20.4 Å². The third kappa shape index (κ3) is 4.36. The maximum Gasteiger partial charge on any atom is 0.231 e. The predicted octanol–water partition coefficient (Wildman–Crippen LogP) is 2.94. The predicted molar refractivity (Wildman–Crippen MR) is 82.1 cm³/mol. The minimum Gasteiger partial charge on any atom is -0.339 e. The molecule has 0 aromatic carbocycles. The molecule has 1 N–H and O–H groups in total. The van der Waals surface area contributed by atoms with Gasteiger partial charge in [-0.05, 0) is 38.4 Å². The van der Waals surface area contributed by atoms with Crippen LogP contribution in [0.3, 0.4) is 0 Å². The Kier molecular flexibility index (Phi) is 5.87. The highest BCUT2D eigenvalue weighted by atomic mass is 16.5. The van der Waals surface area contributed by atoms with E-state index in [2.05, 4.69) is 41.2 Å². The molecule has 2 aromatic rings. The third-order valence-corrected chi connectivity index (χ3v) is 3.63. The average Bonchev–Trinajstić information content (AvgIpc) is 2.95. The highest BCUT2D eigenvalue weighted by molar-refractivity contribution is 5.10. The van der Waals surface area contributed by atoms with E-state index >= 15 is 0 Å². The number of nitrogens with zero attached hydrogens (tertiary/aromatic N) is 3. The first kappa shape index (κ1) is 15.6. The fourth-order valence-corrected chi connectivity index (χ4v) is 2.41. The van der Waals surface area contributed by atoms with Gasteiger partial charge in [0.1, 0.15) is 0 Å². The van der Waals surface area contributed by atoms with Crippen LogP contribution in [-0.2, 0) is 6.42 Å². The van der Waals surface area contributed by atoms with Crippen molar-refractivity contribution in [2.45, 2.75) is 52.0 Å². The fraction of sp³-hybridized carbons (Fsp3) is 0.562. The molecule has 0 aliphatic carbocycles. The molecular weight excluding hydrogens is 264 g/mol. The molecule has 0 radical (unpaired) electrons. The van der Waals surface area contributed by atoms with Crippen LogP contribution in [0.15, 0.2) is 28.9 Å². The highest BCUT2D eigenvalue weighted by Crippen LogP contribution is 2.22. The first-order chi connectivity index (χ1) is 10.2. The van der Waals surface area contributed by atoms with Gasteiger partial charge in [0, 0.05) is 17.9 Å². The van der Waals surface area contributed by atoms with Gasteiger partial charge in [0.2, 0.25) is 5.89 Å². The van der Waals surface area contributed by atoms with Crippen molar-refractivity contribution >= 4 is 0 Å². The van der Waals surface area contributed by atoms with Crippen LogP contribution in [0.4, 0.5) is 0 Å². The number of hydrogen-bond acceptors (Lipinski definition) is 5. The van der Waals surface area contributed by atoms with E-state index in [1.165, 1.54) is 0 Å².